The third-order valence-electron chi connectivity index (χ3n) is 7.78. The van der Waals surface area contributed by atoms with Crippen LogP contribution in [0.2, 0.25) is 0 Å². The summed E-state index contributed by atoms with van der Waals surface area (Å²) in [5.41, 5.74) is 9.56. The van der Waals surface area contributed by atoms with E-state index in [4.69, 9.17) is 4.74 Å². The number of hydrogen-bond acceptors (Lipinski definition) is 4. The van der Waals surface area contributed by atoms with Crippen molar-refractivity contribution < 1.29 is 25.8 Å². The average Bonchev–Trinajstić information content (AvgIpc) is 3.45. The number of para-hydroxylation sites is 2. The van der Waals surface area contributed by atoms with Crippen LogP contribution in [0, 0.1) is 18.8 Å². The molecule has 6 aromatic rings. The Morgan fingerprint density at radius 3 is 2.07 bits per heavy atom. The molecular weight excluding hydrogens is 734 g/mol. The van der Waals surface area contributed by atoms with E-state index in [-0.39, 0.29) is 26.5 Å². The van der Waals surface area contributed by atoms with Crippen molar-refractivity contribution in [1.29, 1.82) is 0 Å². The number of anilines is 4. The van der Waals surface area contributed by atoms with E-state index < -0.39 is 0 Å². The number of hydrogen-bond donors (Lipinski definition) is 0. The molecule has 0 radical (unpaired) electrons. The molecule has 0 spiro atoms. The Balaban J connectivity index is 0.00000357. The second kappa shape index (κ2) is 12.8. The Labute approximate surface area is 280 Å². The van der Waals surface area contributed by atoms with E-state index in [0.717, 1.165) is 34.0 Å². The van der Waals surface area contributed by atoms with Gasteiger partial charge in [0.05, 0.1) is 0 Å². The van der Waals surface area contributed by atoms with Crippen LogP contribution in [0.15, 0.2) is 134 Å². The number of rotatable bonds is 6. The van der Waals surface area contributed by atoms with E-state index in [9.17, 15) is 0 Å². The fraction of sp³-hybridized carbons (Fsp3) is 0.100. The van der Waals surface area contributed by atoms with Gasteiger partial charge in [-0.2, -0.15) is 6.07 Å². The summed E-state index contributed by atoms with van der Waals surface area (Å²) in [5.74, 6) is 1.22. The van der Waals surface area contributed by atoms with E-state index in [1.165, 1.54) is 16.7 Å². The van der Waals surface area contributed by atoms with Gasteiger partial charge in [-0.1, -0.05) is 93.6 Å². The number of nitrogens with zero attached hydrogens (tertiary/aromatic N) is 3. The minimum atomic E-state index is 0. The summed E-state index contributed by atoms with van der Waals surface area (Å²) < 4.78 is 6.28. The molecule has 0 bridgehead atoms. The summed E-state index contributed by atoms with van der Waals surface area (Å²) in [7, 11) is 0. The number of fused-ring (bicyclic) bond motifs is 1. The maximum absolute atomic E-state index is 6.28. The summed E-state index contributed by atoms with van der Waals surface area (Å²) in [6, 6.07) is 50.4. The summed E-state index contributed by atoms with van der Waals surface area (Å²) in [5, 5.41) is 0. The van der Waals surface area contributed by atoms with Crippen molar-refractivity contribution >= 4 is 22.7 Å². The molecule has 0 fully saturated rings. The van der Waals surface area contributed by atoms with Gasteiger partial charge in [-0.15, -0.1) is 54.3 Å². The molecule has 1 aliphatic rings. The molecular formula is C40H32N3OPt-3. The molecule has 5 heteroatoms. The van der Waals surface area contributed by atoms with Gasteiger partial charge in [0, 0.05) is 61.4 Å². The van der Waals surface area contributed by atoms with Crippen molar-refractivity contribution in [2.24, 2.45) is 0 Å². The predicted molar refractivity (Wildman–Crippen MR) is 179 cm³/mol. The molecule has 4 nitrogen and oxygen atoms in total. The average molecular weight is 766 g/mol. The zero-order valence-electron chi connectivity index (χ0n) is 25.3. The van der Waals surface area contributed by atoms with Gasteiger partial charge in [0.25, 0.3) is 0 Å². The molecule has 0 unspecified atom stereocenters. The van der Waals surface area contributed by atoms with Gasteiger partial charge in [0.15, 0.2) is 0 Å². The van der Waals surface area contributed by atoms with Crippen molar-refractivity contribution in [3.63, 3.8) is 0 Å². The van der Waals surface area contributed by atoms with Gasteiger partial charge in [0.1, 0.15) is 0 Å². The van der Waals surface area contributed by atoms with E-state index >= 15 is 0 Å². The number of ether oxygens (including phenoxy) is 1. The van der Waals surface area contributed by atoms with Crippen molar-refractivity contribution in [3.05, 3.63) is 158 Å². The van der Waals surface area contributed by atoms with Crippen molar-refractivity contribution in [2.45, 2.75) is 26.2 Å². The van der Waals surface area contributed by atoms with Gasteiger partial charge >= 0.3 is 0 Å². The van der Waals surface area contributed by atoms with E-state index in [1.807, 2.05) is 48.5 Å². The van der Waals surface area contributed by atoms with Gasteiger partial charge < -0.3 is 19.5 Å². The molecule has 0 amide bonds. The summed E-state index contributed by atoms with van der Waals surface area (Å²) in [6.45, 7) is 8.92. The van der Waals surface area contributed by atoms with Crippen molar-refractivity contribution in [3.8, 4) is 33.9 Å². The van der Waals surface area contributed by atoms with Crippen molar-refractivity contribution in [2.75, 3.05) is 9.80 Å². The maximum atomic E-state index is 6.28. The topological polar surface area (TPSA) is 28.6 Å². The monoisotopic (exact) mass is 765 g/mol. The quantitative estimate of drug-likeness (QED) is 0.158. The SMILES string of the molecule is CC(C)(C)c1ccc(-c2ccccc2)c(N2[CH-]N(c3[c-]c(Oc4[c-]c(-c5ccccn5)ccc4)ccc3)c3ccccc32)c1.[Pt]. The molecule has 0 saturated carbocycles. The van der Waals surface area contributed by atoms with Gasteiger partial charge in [-0.25, -0.2) is 0 Å². The summed E-state index contributed by atoms with van der Waals surface area (Å²) in [4.78, 5) is 8.92. The minimum absolute atomic E-state index is 0. The van der Waals surface area contributed by atoms with Crippen LogP contribution in [0.1, 0.15) is 26.3 Å². The minimum Gasteiger partial charge on any atom is -0.503 e. The maximum Gasteiger partial charge on any atom is 0.0421 e. The molecule has 7 rings (SSSR count). The van der Waals surface area contributed by atoms with Crippen LogP contribution in [-0.4, -0.2) is 4.98 Å². The molecule has 0 saturated heterocycles. The molecule has 0 atom stereocenters. The zero-order valence-corrected chi connectivity index (χ0v) is 27.6. The predicted octanol–water partition coefficient (Wildman–Crippen LogP) is 10.5. The molecule has 0 N–H and O–H groups in total. The van der Waals surface area contributed by atoms with Crippen LogP contribution < -0.4 is 14.5 Å². The van der Waals surface area contributed by atoms with Crippen LogP contribution in [0.25, 0.3) is 22.4 Å². The molecule has 1 aromatic heterocycles. The van der Waals surface area contributed by atoms with Gasteiger partial charge in [0.2, 0.25) is 0 Å². The largest absolute Gasteiger partial charge is 0.503 e. The van der Waals surface area contributed by atoms with Crippen LogP contribution in [0.5, 0.6) is 11.5 Å². The third-order valence-corrected chi connectivity index (χ3v) is 7.78. The van der Waals surface area contributed by atoms with Crippen LogP contribution in [-0.2, 0) is 26.5 Å². The molecule has 5 aromatic carbocycles. The Hall–Kier alpha value is -4.66. The van der Waals surface area contributed by atoms with Gasteiger partial charge in [-0.05, 0) is 46.5 Å². The number of pyridine rings is 1. The Morgan fingerprint density at radius 2 is 1.33 bits per heavy atom. The normalized spacial score (nSPS) is 12.4. The van der Waals surface area contributed by atoms with Crippen LogP contribution >= 0.6 is 0 Å². The first-order valence-electron chi connectivity index (χ1n) is 14.8. The summed E-state index contributed by atoms with van der Waals surface area (Å²) >= 11 is 0. The second-order valence-electron chi connectivity index (χ2n) is 11.8. The van der Waals surface area contributed by atoms with Crippen LogP contribution in [0.3, 0.4) is 0 Å². The summed E-state index contributed by atoms with van der Waals surface area (Å²) in [6.07, 6.45) is 1.78. The molecule has 0 aliphatic carbocycles. The number of aromatic nitrogens is 1. The van der Waals surface area contributed by atoms with E-state index in [0.29, 0.717) is 11.5 Å². The number of benzene rings is 5. The Bertz CT molecular complexity index is 1920. The zero-order chi connectivity index (χ0) is 30.1. The fourth-order valence-corrected chi connectivity index (χ4v) is 5.49. The smallest absolute Gasteiger partial charge is 0.0421 e. The van der Waals surface area contributed by atoms with Crippen molar-refractivity contribution in [1.82, 2.24) is 4.98 Å². The molecule has 45 heavy (non-hydrogen) atoms. The van der Waals surface area contributed by atoms with E-state index in [1.54, 1.807) is 6.20 Å². The first-order valence-corrected chi connectivity index (χ1v) is 14.8. The van der Waals surface area contributed by atoms with E-state index in [2.05, 4.69) is 133 Å². The molecule has 1 aliphatic heterocycles. The standard InChI is InChI=1S/C40H32N3O.Pt/c1-40(2,3)31-22-23-35(29-13-5-4-6-14-29)39(26-31)43-28-42(37-20-7-8-21-38(37)43)32-16-12-18-34(27-32)44-33-17-11-15-30(25-33)36-19-9-10-24-41-36;/h4-24,26,28H,1-3H3;/q-3;. The molecule has 2 heterocycles. The van der Waals surface area contributed by atoms with Crippen LogP contribution in [0.4, 0.5) is 22.7 Å². The first kappa shape index (κ1) is 30.4. The first-order chi connectivity index (χ1) is 21.4. The Kier molecular flexibility index (Phi) is 8.61. The Morgan fingerprint density at radius 1 is 0.644 bits per heavy atom. The van der Waals surface area contributed by atoms with Gasteiger partial charge in [-0.3, -0.25) is 0 Å². The molecule has 226 valence electrons. The third kappa shape index (κ3) is 6.30. The fourth-order valence-electron chi connectivity index (χ4n) is 5.49. The second-order valence-corrected chi connectivity index (χ2v) is 11.8.